The molecule has 1 aromatic rings. The molecule has 18 heavy (non-hydrogen) atoms. The number of carboxylic acids is 1. The number of rotatable bonds is 6. The van der Waals surface area contributed by atoms with Crippen molar-refractivity contribution in [2.45, 2.75) is 24.0 Å². The number of thioether (sulfide) groups is 1. The van der Waals surface area contributed by atoms with Gasteiger partial charge >= 0.3 is 5.97 Å². The summed E-state index contributed by atoms with van der Waals surface area (Å²) in [5.41, 5.74) is 0. The van der Waals surface area contributed by atoms with Gasteiger partial charge in [0.25, 0.3) is 0 Å². The van der Waals surface area contributed by atoms with Crippen LogP contribution in [0.5, 0.6) is 11.5 Å². The van der Waals surface area contributed by atoms with Gasteiger partial charge in [0.15, 0.2) is 0 Å². The highest BCUT2D eigenvalue weighted by molar-refractivity contribution is 8.00. The molecule has 100 valence electrons. The molecule has 0 saturated heterocycles. The van der Waals surface area contributed by atoms with Crippen LogP contribution in [0.25, 0.3) is 0 Å². The van der Waals surface area contributed by atoms with Gasteiger partial charge in [-0.2, -0.15) is 0 Å². The first-order valence-corrected chi connectivity index (χ1v) is 6.48. The van der Waals surface area contributed by atoms with E-state index >= 15 is 0 Å². The Labute approximate surface area is 111 Å². The van der Waals surface area contributed by atoms with E-state index in [4.69, 9.17) is 9.47 Å². The molecule has 1 rings (SSSR count). The summed E-state index contributed by atoms with van der Waals surface area (Å²) in [6.45, 7) is 3.78. The Morgan fingerprint density at radius 2 is 1.67 bits per heavy atom. The van der Waals surface area contributed by atoms with Gasteiger partial charge in [0.1, 0.15) is 16.7 Å². The quantitative estimate of drug-likeness (QED) is 0.805. The summed E-state index contributed by atoms with van der Waals surface area (Å²) >= 11 is 1.30. The summed E-state index contributed by atoms with van der Waals surface area (Å²) in [6, 6.07) is 5.38. The molecular weight excluding hydrogens is 252 g/mol. The molecule has 0 aromatic heterocycles. The number of hydrogen-bond acceptors (Lipinski definition) is 4. The third kappa shape index (κ3) is 3.84. The second-order valence-corrected chi connectivity index (χ2v) is 5.38. The number of methoxy groups -OCH3 is 2. The van der Waals surface area contributed by atoms with E-state index in [9.17, 15) is 9.90 Å². The number of aliphatic carboxylic acids is 1. The maximum absolute atomic E-state index is 11.2. The van der Waals surface area contributed by atoms with Crippen LogP contribution in [0, 0.1) is 5.92 Å². The number of hydrogen-bond donors (Lipinski definition) is 1. The lowest BCUT2D eigenvalue weighted by Gasteiger charge is -2.16. The predicted octanol–water partition coefficient (Wildman–Crippen LogP) is 2.91. The van der Waals surface area contributed by atoms with Crippen molar-refractivity contribution >= 4 is 17.7 Å². The van der Waals surface area contributed by atoms with Crippen molar-refractivity contribution in [2.24, 2.45) is 5.92 Å². The lowest BCUT2D eigenvalue weighted by atomic mass is 10.1. The van der Waals surface area contributed by atoms with Crippen molar-refractivity contribution in [3.05, 3.63) is 18.2 Å². The van der Waals surface area contributed by atoms with Gasteiger partial charge in [-0.1, -0.05) is 13.8 Å². The fourth-order valence-corrected chi connectivity index (χ4v) is 2.50. The molecule has 1 aromatic carbocycles. The summed E-state index contributed by atoms with van der Waals surface area (Å²) in [7, 11) is 3.14. The van der Waals surface area contributed by atoms with E-state index in [1.807, 2.05) is 26.0 Å². The third-order valence-electron chi connectivity index (χ3n) is 2.44. The number of carboxylic acid groups (broad SMARTS) is 1. The first kappa shape index (κ1) is 14.7. The van der Waals surface area contributed by atoms with Gasteiger partial charge in [0.2, 0.25) is 0 Å². The summed E-state index contributed by atoms with van der Waals surface area (Å²) in [5, 5.41) is 8.69. The first-order chi connectivity index (χ1) is 8.47. The van der Waals surface area contributed by atoms with Gasteiger partial charge in [-0.25, -0.2) is 0 Å². The minimum Gasteiger partial charge on any atom is -0.497 e. The summed E-state index contributed by atoms with van der Waals surface area (Å²) in [4.78, 5) is 12.0. The zero-order chi connectivity index (χ0) is 13.7. The Bertz CT molecular complexity index is 395. The van der Waals surface area contributed by atoms with E-state index in [1.54, 1.807) is 20.3 Å². The van der Waals surface area contributed by atoms with Gasteiger partial charge in [-0.05, 0) is 18.1 Å². The van der Waals surface area contributed by atoms with E-state index in [1.165, 1.54) is 11.8 Å². The molecule has 0 aliphatic heterocycles. The van der Waals surface area contributed by atoms with Crippen molar-refractivity contribution in [3.63, 3.8) is 0 Å². The van der Waals surface area contributed by atoms with Gasteiger partial charge < -0.3 is 14.6 Å². The van der Waals surface area contributed by atoms with E-state index in [0.29, 0.717) is 11.5 Å². The zero-order valence-electron chi connectivity index (χ0n) is 11.0. The number of carbonyl (C=O) groups is 1. The molecule has 0 spiro atoms. The topological polar surface area (TPSA) is 55.8 Å². The maximum atomic E-state index is 11.2. The van der Waals surface area contributed by atoms with Gasteiger partial charge in [-0.3, -0.25) is 4.79 Å². The van der Waals surface area contributed by atoms with Crippen molar-refractivity contribution in [1.29, 1.82) is 0 Å². The smallest absolute Gasteiger partial charge is 0.317 e. The highest BCUT2D eigenvalue weighted by Crippen LogP contribution is 2.34. The molecule has 5 heteroatoms. The molecule has 0 aliphatic rings. The molecule has 1 N–H and O–H groups in total. The molecule has 0 radical (unpaired) electrons. The van der Waals surface area contributed by atoms with Crippen LogP contribution < -0.4 is 9.47 Å². The molecule has 1 unspecified atom stereocenters. The molecule has 1 atom stereocenters. The average Bonchev–Trinajstić information content (AvgIpc) is 2.34. The number of ether oxygens (including phenoxy) is 2. The molecule has 0 aliphatic carbocycles. The predicted molar refractivity (Wildman–Crippen MR) is 71.7 cm³/mol. The molecule has 0 saturated carbocycles. The minimum atomic E-state index is -0.809. The van der Waals surface area contributed by atoms with Crippen LogP contribution in [-0.4, -0.2) is 30.5 Å². The lowest BCUT2D eigenvalue weighted by molar-refractivity contribution is -0.137. The SMILES string of the molecule is COc1cc(OC)cc(SC(C(=O)O)C(C)C)c1. The molecule has 0 amide bonds. The molecule has 4 nitrogen and oxygen atoms in total. The Morgan fingerprint density at radius 1 is 1.17 bits per heavy atom. The Hall–Kier alpha value is -1.36. The van der Waals surface area contributed by atoms with E-state index in [0.717, 1.165) is 4.90 Å². The Kier molecular flexibility index (Phi) is 5.34. The van der Waals surface area contributed by atoms with Crippen LogP contribution >= 0.6 is 11.8 Å². The Balaban J connectivity index is 2.98. The normalized spacial score (nSPS) is 12.3. The second kappa shape index (κ2) is 6.54. The first-order valence-electron chi connectivity index (χ1n) is 5.60. The third-order valence-corrected chi connectivity index (χ3v) is 3.94. The summed E-state index contributed by atoms with van der Waals surface area (Å²) in [5.74, 6) is 0.552. The summed E-state index contributed by atoms with van der Waals surface area (Å²) < 4.78 is 10.3. The van der Waals surface area contributed by atoms with Gasteiger partial charge in [-0.15, -0.1) is 11.8 Å². The van der Waals surface area contributed by atoms with Gasteiger partial charge in [0.05, 0.1) is 14.2 Å². The molecule has 0 bridgehead atoms. The van der Waals surface area contributed by atoms with Crippen LogP contribution in [0.2, 0.25) is 0 Å². The minimum absolute atomic E-state index is 0.0460. The highest BCUT2D eigenvalue weighted by Gasteiger charge is 2.23. The Morgan fingerprint density at radius 3 is 2.00 bits per heavy atom. The summed E-state index contributed by atoms with van der Waals surface area (Å²) in [6.07, 6.45) is 0. The molecule has 0 heterocycles. The highest BCUT2D eigenvalue weighted by atomic mass is 32.2. The largest absolute Gasteiger partial charge is 0.497 e. The standard InChI is InChI=1S/C13H18O4S/c1-8(2)12(13(14)15)18-11-6-9(16-3)5-10(7-11)17-4/h5-8,12H,1-4H3,(H,14,15). The average molecular weight is 270 g/mol. The lowest BCUT2D eigenvalue weighted by Crippen LogP contribution is -2.22. The van der Waals surface area contributed by atoms with Gasteiger partial charge in [0, 0.05) is 11.0 Å². The van der Waals surface area contributed by atoms with Crippen molar-refractivity contribution in [3.8, 4) is 11.5 Å². The van der Waals surface area contributed by atoms with E-state index in [-0.39, 0.29) is 5.92 Å². The van der Waals surface area contributed by atoms with Crippen molar-refractivity contribution in [2.75, 3.05) is 14.2 Å². The van der Waals surface area contributed by atoms with Crippen LogP contribution in [0.15, 0.2) is 23.1 Å². The molecule has 0 fully saturated rings. The second-order valence-electron chi connectivity index (χ2n) is 4.17. The fourth-order valence-electron chi connectivity index (χ4n) is 1.47. The van der Waals surface area contributed by atoms with Crippen LogP contribution in [0.3, 0.4) is 0 Å². The fraction of sp³-hybridized carbons (Fsp3) is 0.462. The molecular formula is C13H18O4S. The van der Waals surface area contributed by atoms with Crippen LogP contribution in [0.4, 0.5) is 0 Å². The van der Waals surface area contributed by atoms with Crippen LogP contribution in [-0.2, 0) is 4.79 Å². The monoisotopic (exact) mass is 270 g/mol. The number of benzene rings is 1. The zero-order valence-corrected chi connectivity index (χ0v) is 11.8. The van der Waals surface area contributed by atoms with Crippen molar-refractivity contribution in [1.82, 2.24) is 0 Å². The van der Waals surface area contributed by atoms with Crippen molar-refractivity contribution < 1.29 is 19.4 Å². The van der Waals surface area contributed by atoms with Crippen LogP contribution in [0.1, 0.15) is 13.8 Å². The van der Waals surface area contributed by atoms with E-state index in [2.05, 4.69) is 0 Å². The maximum Gasteiger partial charge on any atom is 0.317 e. The van der Waals surface area contributed by atoms with E-state index < -0.39 is 11.2 Å².